The van der Waals surface area contributed by atoms with E-state index in [1.807, 2.05) is 0 Å². The van der Waals surface area contributed by atoms with E-state index in [0.29, 0.717) is 13.1 Å². The van der Waals surface area contributed by atoms with Gasteiger partial charge in [0.1, 0.15) is 0 Å². The Balaban J connectivity index is 1.92. The van der Waals surface area contributed by atoms with Crippen LogP contribution in [0.3, 0.4) is 0 Å². The highest BCUT2D eigenvalue weighted by Crippen LogP contribution is 2.17. The fourth-order valence-electron chi connectivity index (χ4n) is 2.56. The van der Waals surface area contributed by atoms with Crippen LogP contribution < -0.4 is 9.44 Å². The van der Waals surface area contributed by atoms with Gasteiger partial charge < -0.3 is 9.64 Å². The van der Waals surface area contributed by atoms with Crippen molar-refractivity contribution in [3.8, 4) is 0 Å². The number of carbonyl (C=O) groups excluding carboxylic acids is 1. The Morgan fingerprint density at radius 3 is 2.61 bits per heavy atom. The number of benzene rings is 1. The Morgan fingerprint density at radius 2 is 1.91 bits per heavy atom. The predicted octanol–water partition coefficient (Wildman–Crippen LogP) is 1.21. The number of esters is 1. The molecule has 0 atom stereocenters. The number of piperidine rings is 1. The maximum absolute atomic E-state index is 12.1. The molecular weight excluding hydrogens is 318 g/mol. The van der Waals surface area contributed by atoms with Crippen LogP contribution in [0.4, 0.5) is 5.69 Å². The van der Waals surface area contributed by atoms with E-state index in [-0.39, 0.29) is 11.3 Å². The molecule has 23 heavy (non-hydrogen) atoms. The molecule has 0 bridgehead atoms. The van der Waals surface area contributed by atoms with Crippen LogP contribution in [-0.2, 0) is 14.9 Å². The molecule has 0 aliphatic carbocycles. The summed E-state index contributed by atoms with van der Waals surface area (Å²) in [6.07, 6.45) is 3.57. The number of nitrogens with zero attached hydrogens (tertiary/aromatic N) is 1. The number of anilines is 1. The van der Waals surface area contributed by atoms with Gasteiger partial charge in [-0.2, -0.15) is 13.1 Å². The smallest absolute Gasteiger partial charge is 0.339 e. The summed E-state index contributed by atoms with van der Waals surface area (Å²) in [7, 11) is -2.48. The van der Waals surface area contributed by atoms with Gasteiger partial charge in [-0.15, -0.1) is 0 Å². The highest BCUT2D eigenvalue weighted by Gasteiger charge is 2.17. The average molecular weight is 341 g/mol. The van der Waals surface area contributed by atoms with Crippen LogP contribution in [0.1, 0.15) is 29.6 Å². The third-order valence-corrected chi connectivity index (χ3v) is 4.82. The van der Waals surface area contributed by atoms with Gasteiger partial charge in [-0.3, -0.25) is 4.72 Å². The molecular formula is C15H23N3O4S. The third kappa shape index (κ3) is 5.49. The molecule has 1 fully saturated rings. The quantitative estimate of drug-likeness (QED) is 0.728. The van der Waals surface area contributed by atoms with Crippen LogP contribution in [0.5, 0.6) is 0 Å². The lowest BCUT2D eigenvalue weighted by molar-refractivity contribution is 0.0602. The van der Waals surface area contributed by atoms with Crippen molar-refractivity contribution in [1.29, 1.82) is 0 Å². The zero-order chi connectivity index (χ0) is 16.7. The van der Waals surface area contributed by atoms with Crippen molar-refractivity contribution in [3.63, 3.8) is 0 Å². The minimum Gasteiger partial charge on any atom is -0.465 e. The molecule has 0 saturated carbocycles. The van der Waals surface area contributed by atoms with Gasteiger partial charge >= 0.3 is 5.97 Å². The molecule has 2 rings (SSSR count). The van der Waals surface area contributed by atoms with Gasteiger partial charge in [-0.05, 0) is 38.1 Å². The Labute approximate surface area is 137 Å². The maximum Gasteiger partial charge on any atom is 0.339 e. The lowest BCUT2D eigenvalue weighted by Gasteiger charge is -2.26. The summed E-state index contributed by atoms with van der Waals surface area (Å²) in [4.78, 5) is 13.9. The predicted molar refractivity (Wildman–Crippen MR) is 88.6 cm³/mol. The Kier molecular flexibility index (Phi) is 6.37. The van der Waals surface area contributed by atoms with Gasteiger partial charge in [0, 0.05) is 13.1 Å². The van der Waals surface area contributed by atoms with Gasteiger partial charge in [-0.25, -0.2) is 4.79 Å². The lowest BCUT2D eigenvalue weighted by Crippen LogP contribution is -2.39. The second kappa shape index (κ2) is 8.28. The molecule has 0 unspecified atom stereocenters. The molecule has 1 aromatic rings. The summed E-state index contributed by atoms with van der Waals surface area (Å²) in [5.41, 5.74) is 0.376. The van der Waals surface area contributed by atoms with Crippen molar-refractivity contribution in [2.75, 3.05) is 38.0 Å². The summed E-state index contributed by atoms with van der Waals surface area (Å²) in [6.45, 7) is 3.04. The van der Waals surface area contributed by atoms with E-state index in [9.17, 15) is 13.2 Å². The van der Waals surface area contributed by atoms with E-state index in [1.165, 1.54) is 25.7 Å². The molecule has 1 aliphatic heterocycles. The fourth-order valence-corrected chi connectivity index (χ4v) is 3.46. The van der Waals surface area contributed by atoms with Crippen LogP contribution in [0.25, 0.3) is 0 Å². The zero-order valence-electron chi connectivity index (χ0n) is 13.2. The Morgan fingerprint density at radius 1 is 1.22 bits per heavy atom. The topological polar surface area (TPSA) is 87.7 Å². The fraction of sp³-hybridized carbons (Fsp3) is 0.533. The molecule has 0 amide bonds. The minimum atomic E-state index is -3.73. The first kappa shape index (κ1) is 17.7. The molecule has 7 nitrogen and oxygen atoms in total. The van der Waals surface area contributed by atoms with Crippen LogP contribution in [0.2, 0.25) is 0 Å². The highest BCUT2D eigenvalue weighted by atomic mass is 32.2. The number of hydrogen-bond acceptors (Lipinski definition) is 5. The SMILES string of the molecule is COC(=O)c1ccccc1NS(=O)(=O)NCCN1CCCCC1. The largest absolute Gasteiger partial charge is 0.465 e. The first-order valence-electron chi connectivity index (χ1n) is 7.69. The molecule has 1 heterocycles. The number of hydrogen-bond donors (Lipinski definition) is 2. The van der Waals surface area contributed by atoms with Crippen LogP contribution in [0, 0.1) is 0 Å². The number of ether oxygens (including phenoxy) is 1. The Bertz CT molecular complexity index is 627. The van der Waals surface area contributed by atoms with Gasteiger partial charge in [0.15, 0.2) is 0 Å². The summed E-state index contributed by atoms with van der Waals surface area (Å²) in [5.74, 6) is -0.586. The van der Waals surface area contributed by atoms with Crippen LogP contribution in [-0.4, -0.2) is 52.6 Å². The van der Waals surface area contributed by atoms with Crippen LogP contribution >= 0.6 is 0 Å². The van der Waals surface area contributed by atoms with Gasteiger partial charge in [0.05, 0.1) is 18.4 Å². The molecule has 0 radical (unpaired) electrons. The number of methoxy groups -OCH3 is 1. The van der Waals surface area contributed by atoms with Crippen molar-refractivity contribution in [2.45, 2.75) is 19.3 Å². The number of nitrogens with one attached hydrogen (secondary N) is 2. The maximum atomic E-state index is 12.1. The standard InChI is InChI=1S/C15H23N3O4S/c1-22-15(19)13-7-3-4-8-14(13)17-23(20,21)16-9-12-18-10-5-2-6-11-18/h3-4,7-8,16-17H,2,5-6,9-12H2,1H3. The molecule has 0 spiro atoms. The van der Waals surface area contributed by atoms with E-state index in [0.717, 1.165) is 25.9 Å². The number of carbonyl (C=O) groups is 1. The van der Waals surface area contributed by atoms with Gasteiger partial charge in [-0.1, -0.05) is 18.6 Å². The van der Waals surface area contributed by atoms with E-state index < -0.39 is 16.2 Å². The van der Waals surface area contributed by atoms with Crippen molar-refractivity contribution in [1.82, 2.24) is 9.62 Å². The number of rotatable bonds is 7. The summed E-state index contributed by atoms with van der Waals surface area (Å²) in [5, 5.41) is 0. The lowest BCUT2D eigenvalue weighted by atomic mass is 10.1. The molecule has 2 N–H and O–H groups in total. The van der Waals surface area contributed by atoms with Gasteiger partial charge in [0.25, 0.3) is 10.2 Å². The molecule has 8 heteroatoms. The summed E-state index contributed by atoms with van der Waals surface area (Å²) >= 11 is 0. The minimum absolute atomic E-state index is 0.177. The number of para-hydroxylation sites is 1. The molecule has 128 valence electrons. The second-order valence-electron chi connectivity index (χ2n) is 5.44. The van der Waals surface area contributed by atoms with Gasteiger partial charge in [0.2, 0.25) is 0 Å². The Hall–Kier alpha value is -1.64. The molecule has 1 aliphatic rings. The molecule has 0 aromatic heterocycles. The van der Waals surface area contributed by atoms with E-state index in [4.69, 9.17) is 0 Å². The van der Waals surface area contributed by atoms with Crippen molar-refractivity contribution < 1.29 is 17.9 Å². The molecule has 1 aromatic carbocycles. The van der Waals surface area contributed by atoms with E-state index in [2.05, 4.69) is 19.1 Å². The van der Waals surface area contributed by atoms with Crippen molar-refractivity contribution in [2.24, 2.45) is 0 Å². The van der Waals surface area contributed by atoms with Crippen molar-refractivity contribution in [3.05, 3.63) is 29.8 Å². The monoisotopic (exact) mass is 341 g/mol. The first-order valence-corrected chi connectivity index (χ1v) is 9.17. The van der Waals surface area contributed by atoms with E-state index >= 15 is 0 Å². The third-order valence-electron chi connectivity index (χ3n) is 3.75. The first-order chi connectivity index (χ1) is 11.0. The van der Waals surface area contributed by atoms with Crippen molar-refractivity contribution >= 4 is 21.9 Å². The average Bonchev–Trinajstić information content (AvgIpc) is 2.55. The normalized spacial score (nSPS) is 16.0. The zero-order valence-corrected chi connectivity index (χ0v) is 14.1. The number of likely N-dealkylation sites (tertiary alicyclic amines) is 1. The summed E-state index contributed by atoms with van der Waals surface area (Å²) in [6, 6.07) is 6.33. The summed E-state index contributed by atoms with van der Waals surface area (Å²) < 4.78 is 33.8. The second-order valence-corrected chi connectivity index (χ2v) is 6.94. The van der Waals surface area contributed by atoms with E-state index in [1.54, 1.807) is 12.1 Å². The van der Waals surface area contributed by atoms with Crippen LogP contribution in [0.15, 0.2) is 24.3 Å². The molecule has 1 saturated heterocycles. The highest BCUT2D eigenvalue weighted by molar-refractivity contribution is 7.90.